The predicted octanol–water partition coefficient (Wildman–Crippen LogP) is 0.741. The van der Waals surface area contributed by atoms with Crippen LogP contribution in [0.2, 0.25) is 0 Å². The molecular weight excluding hydrogens is 1240 g/mol. The van der Waals surface area contributed by atoms with Crippen molar-refractivity contribution < 1.29 is 95.2 Å². The van der Waals surface area contributed by atoms with Crippen LogP contribution in [0.1, 0.15) is 85.2 Å². The van der Waals surface area contributed by atoms with Crippen molar-refractivity contribution in [2.75, 3.05) is 158 Å². The maximum absolute atomic E-state index is 15.0. The molecule has 2 saturated carbocycles. The number of hydrogen-bond donors (Lipinski definition) is 9. The van der Waals surface area contributed by atoms with Crippen LogP contribution in [0, 0.1) is 24.6 Å². The van der Waals surface area contributed by atoms with E-state index in [1.807, 2.05) is 0 Å². The summed E-state index contributed by atoms with van der Waals surface area (Å²) in [6.45, 7) is 9.58. The largest absolute Gasteiger partial charge is 0.391 e. The summed E-state index contributed by atoms with van der Waals surface area (Å²) in [6.07, 6.45) is 8.36. The monoisotopic (exact) mass is 1340 g/mol. The van der Waals surface area contributed by atoms with E-state index in [0.29, 0.717) is 164 Å². The molecule has 0 aliphatic heterocycles. The fourth-order valence-corrected chi connectivity index (χ4v) is 10.5. The number of benzene rings is 2. The zero-order valence-electron chi connectivity index (χ0n) is 54.5. The van der Waals surface area contributed by atoms with E-state index < -0.39 is 91.6 Å². The number of pyridine rings is 1. The van der Waals surface area contributed by atoms with Crippen LogP contribution < -0.4 is 42.5 Å². The van der Waals surface area contributed by atoms with Gasteiger partial charge in [0.25, 0.3) is 0 Å². The van der Waals surface area contributed by atoms with Crippen molar-refractivity contribution in [2.24, 2.45) is 11.8 Å². The number of aliphatic hydroxyl groups excluding tert-OH is 1. The number of aliphatic hydroxyl groups is 1. The molecule has 0 unspecified atom stereocenters. The number of ether oxygens (including phenoxy) is 10. The van der Waals surface area contributed by atoms with Crippen LogP contribution >= 0.6 is 0 Å². The topological polar surface area (TPSA) is 358 Å². The molecule has 1 aromatic heterocycles. The van der Waals surface area contributed by atoms with Gasteiger partial charge in [-0.3, -0.25) is 43.3 Å². The first-order chi connectivity index (χ1) is 46.2. The third kappa shape index (κ3) is 29.4. The number of carbonyl (C=O) groups excluding carboxylic acids is 8. The summed E-state index contributed by atoms with van der Waals surface area (Å²) >= 11 is 0. The average Bonchev–Trinajstić information content (AvgIpc) is 1.70. The molecule has 9 N–H and O–H groups in total. The molecule has 2 fully saturated rings. The first kappa shape index (κ1) is 76.9. The van der Waals surface area contributed by atoms with E-state index in [1.165, 1.54) is 18.7 Å². The van der Waals surface area contributed by atoms with Crippen molar-refractivity contribution >= 4 is 58.2 Å². The molecule has 29 heteroatoms. The fraction of sp³-hybridized carbons (Fsp3) is 0.621. The first-order valence-corrected chi connectivity index (χ1v) is 32.7. The van der Waals surface area contributed by atoms with Crippen LogP contribution in [0.5, 0.6) is 0 Å². The molecule has 28 nitrogen and oxygen atoms in total. The normalized spacial score (nSPS) is 15.1. The van der Waals surface area contributed by atoms with Crippen molar-refractivity contribution in [3.63, 3.8) is 0 Å². The Hall–Kier alpha value is -7.16. The smallest absolute Gasteiger partial charge is 0.249 e. The Morgan fingerprint density at radius 2 is 1.17 bits per heavy atom. The van der Waals surface area contributed by atoms with Crippen molar-refractivity contribution in [1.82, 2.24) is 47.5 Å². The summed E-state index contributed by atoms with van der Waals surface area (Å²) in [5.74, 6) is -4.53. The number of halogens is 1. The minimum absolute atomic E-state index is 0.000479. The maximum atomic E-state index is 15.0. The van der Waals surface area contributed by atoms with Gasteiger partial charge in [0.1, 0.15) is 31.3 Å². The molecule has 0 saturated heterocycles. The van der Waals surface area contributed by atoms with Gasteiger partial charge >= 0.3 is 0 Å². The molecule has 6 rings (SSSR count). The van der Waals surface area contributed by atoms with Crippen molar-refractivity contribution in [1.29, 1.82) is 0 Å². The number of nitrogens with one attached hydrogen (secondary N) is 8. The zero-order chi connectivity index (χ0) is 67.8. The summed E-state index contributed by atoms with van der Waals surface area (Å²) in [5, 5.41) is 31.4. The average molecular weight is 1340 g/mol. The van der Waals surface area contributed by atoms with Gasteiger partial charge in [0.2, 0.25) is 47.3 Å². The summed E-state index contributed by atoms with van der Waals surface area (Å²) in [7, 11) is 0. The Balaban J connectivity index is 0.741. The van der Waals surface area contributed by atoms with Crippen LogP contribution in [0.3, 0.4) is 0 Å². The highest BCUT2D eigenvalue weighted by Crippen LogP contribution is 2.40. The zero-order valence-corrected chi connectivity index (χ0v) is 54.5. The van der Waals surface area contributed by atoms with E-state index in [-0.39, 0.29) is 62.8 Å². The van der Waals surface area contributed by atoms with E-state index in [0.717, 1.165) is 31.2 Å². The third-order valence-corrected chi connectivity index (χ3v) is 15.7. The van der Waals surface area contributed by atoms with Gasteiger partial charge in [0.05, 0.1) is 150 Å². The first-order valence-electron chi connectivity index (χ1n) is 32.7. The van der Waals surface area contributed by atoms with Crippen molar-refractivity contribution in [2.45, 2.75) is 95.9 Å². The molecule has 3 aliphatic carbocycles. The number of aryl methyl sites for hydroxylation is 1. The Morgan fingerprint density at radius 3 is 1.76 bits per heavy atom. The minimum atomic E-state index is -1.16. The fourth-order valence-electron chi connectivity index (χ4n) is 10.5. The van der Waals surface area contributed by atoms with Gasteiger partial charge in [-0.25, -0.2) is 4.39 Å². The second-order valence-corrected chi connectivity index (χ2v) is 22.9. The van der Waals surface area contributed by atoms with Crippen LogP contribution in [0.4, 0.5) is 4.39 Å². The van der Waals surface area contributed by atoms with Crippen LogP contribution in [-0.4, -0.2) is 228 Å². The van der Waals surface area contributed by atoms with E-state index in [4.69, 9.17) is 47.4 Å². The van der Waals surface area contributed by atoms with Gasteiger partial charge in [0.15, 0.2) is 0 Å². The number of hydrogen-bond acceptors (Lipinski definition) is 20. The van der Waals surface area contributed by atoms with Gasteiger partial charge in [-0.05, 0) is 79.2 Å². The minimum Gasteiger partial charge on any atom is -0.391 e. The number of amides is 8. The summed E-state index contributed by atoms with van der Waals surface area (Å²) in [5.41, 5.74) is 3.55. The number of rotatable bonds is 50. The Bertz CT molecular complexity index is 2900. The highest BCUT2D eigenvalue weighted by Gasteiger charge is 2.39. The Kier molecular flexibility index (Phi) is 36.0. The molecule has 3 atom stereocenters. The molecule has 3 aromatic rings. The lowest BCUT2D eigenvalue weighted by Crippen LogP contribution is -2.52. The predicted molar refractivity (Wildman–Crippen MR) is 342 cm³/mol. The van der Waals surface area contributed by atoms with Crippen molar-refractivity contribution in [3.8, 4) is 0 Å². The summed E-state index contributed by atoms with van der Waals surface area (Å²) in [6, 6.07) is 8.43. The second-order valence-electron chi connectivity index (χ2n) is 22.9. The molecule has 1 heterocycles. The second kappa shape index (κ2) is 44.6. The van der Waals surface area contributed by atoms with E-state index in [2.05, 4.69) is 54.1 Å². The van der Waals surface area contributed by atoms with Crippen LogP contribution in [-0.2, 0) is 105 Å². The lowest BCUT2D eigenvalue weighted by molar-refractivity contribution is -0.138. The van der Waals surface area contributed by atoms with Crippen LogP contribution in [0.15, 0.2) is 54.7 Å². The third-order valence-electron chi connectivity index (χ3n) is 15.7. The molecule has 2 aromatic carbocycles. The van der Waals surface area contributed by atoms with Crippen molar-refractivity contribution in [3.05, 3.63) is 88.4 Å². The molecule has 0 bridgehead atoms. The highest BCUT2D eigenvalue weighted by atomic mass is 19.1. The van der Waals surface area contributed by atoms with E-state index >= 15 is 0 Å². The van der Waals surface area contributed by atoms with Gasteiger partial charge in [-0.2, -0.15) is 0 Å². The SMILES string of the molecule is C=C(CO)C(=O)NCc1cnc2cc(F)c(C)c3c2c1[C@@H](NC(=O)[C@@H](OCNC(=O)CNC(=O)[C@H](Cc1ccccc1)NC(=O)CNC(=O)CNC(=O)COCCOCCOCCOCCOCCOCCOCCOCCOCCNC(=O)C1CCCCC1)C1CC1)CC3. The number of carbonyl (C=O) groups is 8. The summed E-state index contributed by atoms with van der Waals surface area (Å²) < 4.78 is 70.2. The number of aromatic nitrogens is 1. The Labute approximate surface area is 553 Å². The van der Waals surface area contributed by atoms with Crippen LogP contribution in [0.25, 0.3) is 10.9 Å². The van der Waals surface area contributed by atoms with Gasteiger partial charge in [-0.15, -0.1) is 0 Å². The lowest BCUT2D eigenvalue weighted by atomic mass is 9.82. The Morgan fingerprint density at radius 1 is 0.621 bits per heavy atom. The van der Waals surface area contributed by atoms with Gasteiger partial charge < -0.3 is 95.0 Å². The molecule has 8 amide bonds. The number of nitrogens with zero attached hydrogens (tertiary/aromatic N) is 1. The maximum Gasteiger partial charge on any atom is 0.249 e. The molecule has 526 valence electrons. The molecule has 0 spiro atoms. The quantitative estimate of drug-likeness (QED) is 0.0214. The highest BCUT2D eigenvalue weighted by molar-refractivity contribution is 5.95. The van der Waals surface area contributed by atoms with E-state index in [1.54, 1.807) is 37.3 Å². The molecule has 95 heavy (non-hydrogen) atoms. The molecular formula is C66H96FN9O19. The van der Waals surface area contributed by atoms with Gasteiger partial charge in [0, 0.05) is 48.7 Å². The standard InChI is InChI=1S/C66H96FN9O19/c1-45(42-77)63(82)72-38-50-37-69-54-36-52(67)46(2)51-15-16-53(60(50)61(51)54)76-66(85)62(48-13-14-48)95-44-74-57(79)40-73-65(84)55(35-47-9-5-3-6-10-47)75-58(80)41-70-56(78)39-71-59(81)43-94-34-33-93-32-31-92-30-29-91-28-27-90-26-25-89-24-23-88-22-21-87-20-19-86-18-17-68-64(83)49-11-7-4-8-12-49/h3,5-6,9-10,36-37,48-49,53,55,62,77H,1,4,7-8,11-35,38-44H2,2H3,(H,68,83)(H,70,78)(H,71,81)(H,72,82)(H,73,84)(H,74,79)(H,75,80)(H,76,85)/t53-,55-,62-/m0/s1. The summed E-state index contributed by atoms with van der Waals surface area (Å²) in [4.78, 5) is 108. The molecule has 3 aliphatic rings. The molecule has 0 radical (unpaired) electrons. The van der Waals surface area contributed by atoms with E-state index in [9.17, 15) is 47.9 Å². The van der Waals surface area contributed by atoms with Gasteiger partial charge in [-0.1, -0.05) is 56.2 Å². The lowest BCUT2D eigenvalue weighted by Gasteiger charge is -2.31.